The van der Waals surface area contributed by atoms with Crippen LogP contribution in [-0.2, 0) is 0 Å². The quantitative estimate of drug-likeness (QED) is 0.561. The topological polar surface area (TPSA) is 90.4 Å². The minimum atomic E-state index is -0.659. The summed E-state index contributed by atoms with van der Waals surface area (Å²) in [6.07, 6.45) is 1.51. The summed E-state index contributed by atoms with van der Waals surface area (Å²) in [5, 5.41) is 3.88. The first-order valence-electron chi connectivity index (χ1n) is 7.64. The van der Waals surface area contributed by atoms with Crippen LogP contribution in [0.2, 0.25) is 0 Å². The summed E-state index contributed by atoms with van der Waals surface area (Å²) in [7, 11) is 3.91. The highest BCUT2D eigenvalue weighted by molar-refractivity contribution is 5.94. The minimum absolute atomic E-state index is 0.223. The first kappa shape index (κ1) is 16.4. The molecule has 0 fully saturated rings. The van der Waals surface area contributed by atoms with Crippen molar-refractivity contribution in [3.8, 4) is 0 Å². The number of para-hydroxylation sites is 2. The fraction of sp³-hybridized carbons (Fsp3) is 0.111. The van der Waals surface area contributed by atoms with Crippen LogP contribution in [0.25, 0.3) is 11.0 Å². The maximum atomic E-state index is 12.1. The van der Waals surface area contributed by atoms with Gasteiger partial charge >= 0.3 is 0 Å². The molecule has 7 heteroatoms. The van der Waals surface area contributed by atoms with Gasteiger partial charge < -0.3 is 9.88 Å². The molecule has 0 bridgehead atoms. The second-order valence-electron chi connectivity index (χ2n) is 5.62. The number of aromatic nitrogens is 2. The van der Waals surface area contributed by atoms with E-state index in [9.17, 15) is 9.59 Å². The number of nitrogens with one attached hydrogen (secondary N) is 2. The van der Waals surface area contributed by atoms with Crippen molar-refractivity contribution in [2.45, 2.75) is 0 Å². The molecule has 1 heterocycles. The molecular formula is C18H17N5O2. The number of carbonyl (C=O) groups excluding carboxylic acids is 1. The summed E-state index contributed by atoms with van der Waals surface area (Å²) in [6.45, 7) is 0. The number of rotatable bonds is 4. The maximum Gasteiger partial charge on any atom is 0.295 e. The summed E-state index contributed by atoms with van der Waals surface area (Å²) < 4.78 is 0. The van der Waals surface area contributed by atoms with Gasteiger partial charge in [0.15, 0.2) is 5.69 Å². The molecule has 3 aromatic rings. The molecule has 0 spiro atoms. The van der Waals surface area contributed by atoms with E-state index < -0.39 is 11.5 Å². The first-order valence-corrected chi connectivity index (χ1v) is 7.64. The number of H-pyrrole nitrogens is 1. The Hall–Kier alpha value is -3.48. The van der Waals surface area contributed by atoms with Crippen LogP contribution >= 0.6 is 0 Å². The van der Waals surface area contributed by atoms with E-state index in [0.29, 0.717) is 11.0 Å². The standard InChI is InChI=1S/C18H17N5O2/c1-23(2)13-9-7-12(8-10-13)11-19-22-18(25)16-17(24)21-15-6-4-3-5-14(15)20-16/h3-11H,1-2H3,(H,21,24)(H,22,25)/b19-11-. The van der Waals surface area contributed by atoms with Crippen molar-refractivity contribution in [3.63, 3.8) is 0 Å². The highest BCUT2D eigenvalue weighted by Crippen LogP contribution is 2.11. The number of hydrogen-bond acceptors (Lipinski definition) is 5. The Morgan fingerprint density at radius 3 is 2.60 bits per heavy atom. The van der Waals surface area contributed by atoms with Gasteiger partial charge in [-0.2, -0.15) is 5.10 Å². The number of hydrogen-bond donors (Lipinski definition) is 2. The van der Waals surface area contributed by atoms with Gasteiger partial charge in [0.2, 0.25) is 0 Å². The Balaban J connectivity index is 1.74. The van der Waals surface area contributed by atoms with Crippen molar-refractivity contribution in [1.82, 2.24) is 15.4 Å². The van der Waals surface area contributed by atoms with Crippen LogP contribution in [0.4, 0.5) is 5.69 Å². The molecule has 3 rings (SSSR count). The van der Waals surface area contributed by atoms with Crippen molar-refractivity contribution in [2.24, 2.45) is 5.10 Å². The van der Waals surface area contributed by atoms with Crippen molar-refractivity contribution in [3.05, 3.63) is 70.1 Å². The van der Waals surface area contributed by atoms with Crippen LogP contribution in [0.1, 0.15) is 16.1 Å². The van der Waals surface area contributed by atoms with Crippen LogP contribution in [0.5, 0.6) is 0 Å². The molecule has 0 atom stereocenters. The first-order chi connectivity index (χ1) is 12.0. The fourth-order valence-electron chi connectivity index (χ4n) is 2.26. The Kier molecular flexibility index (Phi) is 4.56. The van der Waals surface area contributed by atoms with E-state index >= 15 is 0 Å². The van der Waals surface area contributed by atoms with Gasteiger partial charge in [0.1, 0.15) is 0 Å². The molecule has 1 amide bonds. The molecule has 0 saturated heterocycles. The molecule has 0 aliphatic carbocycles. The van der Waals surface area contributed by atoms with E-state index in [4.69, 9.17) is 0 Å². The number of nitrogens with zero attached hydrogens (tertiary/aromatic N) is 3. The zero-order valence-corrected chi connectivity index (χ0v) is 13.9. The number of benzene rings is 2. The second kappa shape index (κ2) is 6.96. The van der Waals surface area contributed by atoms with E-state index in [1.165, 1.54) is 6.21 Å². The van der Waals surface area contributed by atoms with Crippen molar-refractivity contribution in [2.75, 3.05) is 19.0 Å². The Morgan fingerprint density at radius 1 is 1.16 bits per heavy atom. The van der Waals surface area contributed by atoms with Gasteiger partial charge in [-0.15, -0.1) is 0 Å². The number of carbonyl (C=O) groups is 1. The summed E-state index contributed by atoms with van der Waals surface area (Å²) in [5.74, 6) is -0.659. The maximum absolute atomic E-state index is 12.1. The zero-order chi connectivity index (χ0) is 17.8. The van der Waals surface area contributed by atoms with Gasteiger partial charge in [-0.05, 0) is 29.8 Å². The van der Waals surface area contributed by atoms with E-state index in [1.54, 1.807) is 24.3 Å². The molecule has 0 aliphatic heterocycles. The van der Waals surface area contributed by atoms with Crippen LogP contribution in [0, 0.1) is 0 Å². The predicted octanol–water partition coefficient (Wildman–Crippen LogP) is 1.75. The Labute approximate surface area is 144 Å². The Morgan fingerprint density at radius 2 is 1.88 bits per heavy atom. The van der Waals surface area contributed by atoms with E-state index in [-0.39, 0.29) is 5.69 Å². The van der Waals surface area contributed by atoms with Crippen molar-refractivity contribution >= 4 is 28.8 Å². The van der Waals surface area contributed by atoms with Crippen LogP contribution in [-0.4, -0.2) is 36.2 Å². The van der Waals surface area contributed by atoms with Crippen LogP contribution in [0.15, 0.2) is 58.4 Å². The normalized spacial score (nSPS) is 11.0. The predicted molar refractivity (Wildman–Crippen MR) is 98.2 cm³/mol. The summed E-state index contributed by atoms with van der Waals surface area (Å²) in [4.78, 5) is 32.8. The van der Waals surface area contributed by atoms with Gasteiger partial charge in [-0.3, -0.25) is 9.59 Å². The smallest absolute Gasteiger partial charge is 0.295 e. The molecule has 0 aliphatic rings. The third-order valence-electron chi connectivity index (χ3n) is 3.60. The second-order valence-corrected chi connectivity index (χ2v) is 5.62. The van der Waals surface area contributed by atoms with Crippen LogP contribution < -0.4 is 15.9 Å². The largest absolute Gasteiger partial charge is 0.378 e. The number of fused-ring (bicyclic) bond motifs is 1. The van der Waals surface area contributed by atoms with Crippen molar-refractivity contribution < 1.29 is 4.79 Å². The Bertz CT molecular complexity index is 990. The monoisotopic (exact) mass is 335 g/mol. The molecule has 126 valence electrons. The zero-order valence-electron chi connectivity index (χ0n) is 13.9. The molecule has 2 aromatic carbocycles. The molecule has 25 heavy (non-hydrogen) atoms. The fourth-order valence-corrected chi connectivity index (χ4v) is 2.26. The highest BCUT2D eigenvalue weighted by atomic mass is 16.2. The van der Waals surface area contributed by atoms with E-state index in [2.05, 4.69) is 20.5 Å². The van der Waals surface area contributed by atoms with Gasteiger partial charge in [-0.1, -0.05) is 24.3 Å². The SMILES string of the molecule is CN(C)c1ccc(/C=N\NC(=O)c2nc3ccccc3[nH]c2=O)cc1. The summed E-state index contributed by atoms with van der Waals surface area (Å²) >= 11 is 0. The highest BCUT2D eigenvalue weighted by Gasteiger charge is 2.12. The lowest BCUT2D eigenvalue weighted by molar-refractivity contribution is 0.0949. The van der Waals surface area contributed by atoms with E-state index in [0.717, 1.165) is 11.3 Å². The lowest BCUT2D eigenvalue weighted by Crippen LogP contribution is -2.28. The van der Waals surface area contributed by atoms with Crippen molar-refractivity contribution in [1.29, 1.82) is 0 Å². The third kappa shape index (κ3) is 3.72. The minimum Gasteiger partial charge on any atom is -0.378 e. The molecule has 7 nitrogen and oxygen atoms in total. The third-order valence-corrected chi connectivity index (χ3v) is 3.60. The lowest BCUT2D eigenvalue weighted by Gasteiger charge is -2.11. The molecule has 0 radical (unpaired) electrons. The molecule has 0 unspecified atom stereocenters. The van der Waals surface area contributed by atoms with Gasteiger partial charge in [0.25, 0.3) is 11.5 Å². The van der Waals surface area contributed by atoms with Crippen LogP contribution in [0.3, 0.4) is 0 Å². The number of aromatic amines is 1. The molecule has 2 N–H and O–H groups in total. The lowest BCUT2D eigenvalue weighted by atomic mass is 10.2. The average Bonchev–Trinajstić information content (AvgIpc) is 2.61. The number of hydrazone groups is 1. The van der Waals surface area contributed by atoms with E-state index in [1.807, 2.05) is 43.3 Å². The summed E-state index contributed by atoms with van der Waals surface area (Å²) in [5.41, 5.74) is 4.55. The summed E-state index contributed by atoms with van der Waals surface area (Å²) in [6, 6.07) is 14.7. The molecule has 1 aromatic heterocycles. The van der Waals surface area contributed by atoms with Gasteiger partial charge in [0.05, 0.1) is 17.2 Å². The molecular weight excluding hydrogens is 318 g/mol. The number of amides is 1. The molecule has 0 saturated carbocycles. The van der Waals surface area contributed by atoms with Gasteiger partial charge in [0, 0.05) is 19.8 Å². The van der Waals surface area contributed by atoms with Gasteiger partial charge in [-0.25, -0.2) is 10.4 Å². The number of anilines is 1. The average molecular weight is 335 g/mol.